The number of furan rings is 1. The van der Waals surface area contributed by atoms with Crippen LogP contribution in [0.5, 0.6) is 5.75 Å². The van der Waals surface area contributed by atoms with Gasteiger partial charge in [0.15, 0.2) is 5.76 Å². The molecule has 9 nitrogen and oxygen atoms in total. The maximum atomic E-state index is 12.2. The molecule has 3 aromatic rings. The molecule has 1 aromatic heterocycles. The zero-order chi connectivity index (χ0) is 23.9. The fourth-order valence-electron chi connectivity index (χ4n) is 3.18. The number of ether oxygens (including phenoxy) is 1. The summed E-state index contributed by atoms with van der Waals surface area (Å²) in [5, 5.41) is 5.61. The normalized spacial score (nSPS) is 13.4. The van der Waals surface area contributed by atoms with E-state index in [1.165, 1.54) is 6.07 Å². The average Bonchev–Trinajstić information content (AvgIpc) is 3.60. The summed E-state index contributed by atoms with van der Waals surface area (Å²) in [6.45, 7) is 1.98. The Morgan fingerprint density at radius 2 is 1.71 bits per heavy atom. The summed E-state index contributed by atoms with van der Waals surface area (Å²) in [4.78, 5) is 36.3. The average molecular weight is 463 g/mol. The van der Waals surface area contributed by atoms with E-state index in [2.05, 4.69) is 21.5 Å². The Bertz CT molecular complexity index is 1140. The quantitative estimate of drug-likeness (QED) is 0.378. The number of benzene rings is 2. The minimum absolute atomic E-state index is 0.0430. The maximum absolute atomic E-state index is 12.2. The Balaban J connectivity index is 1.20. The number of urea groups is 1. The summed E-state index contributed by atoms with van der Waals surface area (Å²) in [7, 11) is 0. The van der Waals surface area contributed by atoms with Crippen LogP contribution in [-0.2, 0) is 11.4 Å². The van der Waals surface area contributed by atoms with E-state index in [0.29, 0.717) is 11.5 Å². The molecule has 1 fully saturated rings. The molecule has 2 aromatic carbocycles. The van der Waals surface area contributed by atoms with Gasteiger partial charge in [0, 0.05) is 11.6 Å². The molecule has 9 heteroatoms. The van der Waals surface area contributed by atoms with Crippen molar-refractivity contribution in [2.75, 3.05) is 5.32 Å². The molecule has 0 aliphatic heterocycles. The second-order valence-electron chi connectivity index (χ2n) is 8.03. The summed E-state index contributed by atoms with van der Waals surface area (Å²) in [5.74, 6) is 0.795. The number of para-hydroxylation sites is 1. The summed E-state index contributed by atoms with van der Waals surface area (Å²) in [5.41, 5.74) is 6.18. The molecule has 0 saturated heterocycles. The van der Waals surface area contributed by atoms with Gasteiger partial charge in [0.1, 0.15) is 18.1 Å². The summed E-state index contributed by atoms with van der Waals surface area (Å²) < 4.78 is 11.1. The largest absolute Gasteiger partial charge is 0.486 e. The van der Waals surface area contributed by atoms with Gasteiger partial charge in [0.25, 0.3) is 0 Å². The highest BCUT2D eigenvalue weighted by molar-refractivity contribution is 5.94. The van der Waals surface area contributed by atoms with Crippen molar-refractivity contribution >= 4 is 23.5 Å². The monoisotopic (exact) mass is 462 g/mol. The second-order valence-corrected chi connectivity index (χ2v) is 8.03. The number of hydrogen-bond donors (Lipinski definition) is 4. The van der Waals surface area contributed by atoms with Crippen molar-refractivity contribution in [3.8, 4) is 5.75 Å². The van der Waals surface area contributed by atoms with E-state index in [-0.39, 0.29) is 30.2 Å². The van der Waals surface area contributed by atoms with E-state index in [9.17, 15) is 14.4 Å². The van der Waals surface area contributed by atoms with Crippen LogP contribution in [-0.4, -0.2) is 17.8 Å². The van der Waals surface area contributed by atoms with Crippen LogP contribution in [0.4, 0.5) is 10.5 Å². The number of carbonyl (C=O) groups is 3. The molecule has 1 aliphatic carbocycles. The minimum Gasteiger partial charge on any atom is -0.486 e. The van der Waals surface area contributed by atoms with E-state index in [1.54, 1.807) is 18.2 Å². The first kappa shape index (κ1) is 22.9. The molecule has 1 atom stereocenters. The van der Waals surface area contributed by atoms with Crippen LogP contribution < -0.4 is 26.2 Å². The highest BCUT2D eigenvalue weighted by Crippen LogP contribution is 2.30. The SMILES string of the molecule is CC(NC(=O)NNC(=O)c1ccc(COc2ccccc2)o1)c1ccc(NC(=O)C2CC2)cc1. The molecule has 0 spiro atoms. The number of rotatable bonds is 8. The van der Waals surface area contributed by atoms with Gasteiger partial charge in [-0.15, -0.1) is 0 Å². The third-order valence-electron chi connectivity index (χ3n) is 5.27. The van der Waals surface area contributed by atoms with Crippen molar-refractivity contribution in [3.63, 3.8) is 0 Å². The lowest BCUT2D eigenvalue weighted by Gasteiger charge is -2.16. The molecule has 176 valence electrons. The Hall–Kier alpha value is -4.27. The minimum atomic E-state index is -0.593. The zero-order valence-electron chi connectivity index (χ0n) is 18.7. The predicted molar refractivity (Wildman–Crippen MR) is 125 cm³/mol. The van der Waals surface area contributed by atoms with E-state index < -0.39 is 11.9 Å². The molecule has 4 N–H and O–H groups in total. The summed E-state index contributed by atoms with van der Waals surface area (Å²) >= 11 is 0. The van der Waals surface area contributed by atoms with Gasteiger partial charge >= 0.3 is 11.9 Å². The van der Waals surface area contributed by atoms with Crippen LogP contribution in [0, 0.1) is 5.92 Å². The Morgan fingerprint density at radius 3 is 2.41 bits per heavy atom. The molecular weight excluding hydrogens is 436 g/mol. The molecular formula is C25H26N4O5. The number of amides is 4. The molecule has 1 heterocycles. The molecule has 4 rings (SSSR count). The first-order chi connectivity index (χ1) is 16.5. The number of anilines is 1. The van der Waals surface area contributed by atoms with E-state index >= 15 is 0 Å². The van der Waals surface area contributed by atoms with Gasteiger partial charge in [0.05, 0.1) is 6.04 Å². The smallest absolute Gasteiger partial charge is 0.333 e. The topological polar surface area (TPSA) is 122 Å². The molecule has 0 bridgehead atoms. The third kappa shape index (κ3) is 6.38. The Labute approximate surface area is 196 Å². The number of hydrazine groups is 1. The molecule has 34 heavy (non-hydrogen) atoms. The molecule has 0 radical (unpaired) electrons. The highest BCUT2D eigenvalue weighted by atomic mass is 16.5. The lowest BCUT2D eigenvalue weighted by Crippen LogP contribution is -2.47. The first-order valence-electron chi connectivity index (χ1n) is 11.0. The Kier molecular flexibility index (Phi) is 7.12. The van der Waals surface area contributed by atoms with Gasteiger partial charge < -0.3 is 19.8 Å². The van der Waals surface area contributed by atoms with Gasteiger partial charge in [-0.2, -0.15) is 0 Å². The van der Waals surface area contributed by atoms with E-state index in [1.807, 2.05) is 49.4 Å². The number of hydrogen-bond acceptors (Lipinski definition) is 5. The molecule has 1 saturated carbocycles. The third-order valence-corrected chi connectivity index (χ3v) is 5.27. The summed E-state index contributed by atoms with van der Waals surface area (Å²) in [6.07, 6.45) is 1.89. The predicted octanol–water partition coefficient (Wildman–Crippen LogP) is 3.91. The summed E-state index contributed by atoms with van der Waals surface area (Å²) in [6, 6.07) is 18.7. The van der Waals surface area contributed by atoms with Crippen molar-refractivity contribution in [2.24, 2.45) is 5.92 Å². The number of carbonyl (C=O) groups excluding carboxylic acids is 3. The van der Waals surface area contributed by atoms with Crippen molar-refractivity contribution < 1.29 is 23.5 Å². The zero-order valence-corrected chi connectivity index (χ0v) is 18.7. The Morgan fingerprint density at radius 1 is 0.971 bits per heavy atom. The molecule has 4 amide bonds. The van der Waals surface area contributed by atoms with Crippen LogP contribution in [0.25, 0.3) is 0 Å². The van der Waals surface area contributed by atoms with Crippen LogP contribution in [0.15, 0.2) is 71.1 Å². The van der Waals surface area contributed by atoms with Gasteiger partial charge in [-0.25, -0.2) is 10.2 Å². The lowest BCUT2D eigenvalue weighted by atomic mass is 10.1. The van der Waals surface area contributed by atoms with Gasteiger partial charge in [0.2, 0.25) is 5.91 Å². The van der Waals surface area contributed by atoms with Crippen LogP contribution in [0.3, 0.4) is 0 Å². The molecule has 1 aliphatic rings. The van der Waals surface area contributed by atoms with E-state index in [0.717, 1.165) is 24.1 Å². The molecule has 1 unspecified atom stereocenters. The van der Waals surface area contributed by atoms with Crippen LogP contribution >= 0.6 is 0 Å². The fourth-order valence-corrected chi connectivity index (χ4v) is 3.18. The van der Waals surface area contributed by atoms with Crippen molar-refractivity contribution in [1.82, 2.24) is 16.2 Å². The first-order valence-corrected chi connectivity index (χ1v) is 11.0. The fraction of sp³-hybridized carbons (Fsp3) is 0.240. The van der Waals surface area contributed by atoms with Gasteiger partial charge in [-0.05, 0) is 61.7 Å². The van der Waals surface area contributed by atoms with Crippen LogP contribution in [0.2, 0.25) is 0 Å². The van der Waals surface area contributed by atoms with Crippen LogP contribution in [0.1, 0.15) is 47.7 Å². The standard InChI is InChI=1S/C25H26N4O5/c1-16(17-9-11-19(12-10-17)27-23(30)18-7-8-18)26-25(32)29-28-24(31)22-14-13-21(34-22)15-33-20-5-3-2-4-6-20/h2-6,9-14,16,18H,7-8,15H2,1H3,(H,27,30)(H,28,31)(H2,26,29,32). The second kappa shape index (κ2) is 10.6. The lowest BCUT2D eigenvalue weighted by molar-refractivity contribution is -0.117. The maximum Gasteiger partial charge on any atom is 0.333 e. The van der Waals surface area contributed by atoms with Crippen molar-refractivity contribution in [3.05, 3.63) is 83.8 Å². The van der Waals surface area contributed by atoms with Crippen molar-refractivity contribution in [1.29, 1.82) is 0 Å². The number of nitrogens with one attached hydrogen (secondary N) is 4. The van der Waals surface area contributed by atoms with E-state index in [4.69, 9.17) is 9.15 Å². The van der Waals surface area contributed by atoms with Gasteiger partial charge in [-0.3, -0.25) is 15.0 Å². The van der Waals surface area contributed by atoms with Crippen molar-refractivity contribution in [2.45, 2.75) is 32.4 Å². The van der Waals surface area contributed by atoms with Gasteiger partial charge in [-0.1, -0.05) is 30.3 Å². The highest BCUT2D eigenvalue weighted by Gasteiger charge is 2.29.